The first-order valence-electron chi connectivity index (χ1n) is 8.05. The molecule has 0 radical (unpaired) electrons. The molecular weight excluding hydrogens is 306 g/mol. The van der Waals surface area contributed by atoms with Gasteiger partial charge in [-0.25, -0.2) is 4.79 Å². The van der Waals surface area contributed by atoms with E-state index in [1.807, 2.05) is 26.1 Å². The number of carbonyl (C=O) groups excluding carboxylic acids is 2. The molecule has 128 valence electrons. The molecule has 0 atom stereocenters. The second-order valence-electron chi connectivity index (χ2n) is 5.22. The number of hydrogen-bond donors (Lipinski definition) is 2. The minimum Gasteiger partial charge on any atom is -0.352 e. The lowest BCUT2D eigenvalue weighted by Crippen LogP contribution is -2.37. The van der Waals surface area contributed by atoms with Crippen LogP contribution in [0.2, 0.25) is 0 Å². The van der Waals surface area contributed by atoms with Crippen molar-refractivity contribution in [1.29, 1.82) is 0 Å². The lowest BCUT2D eigenvalue weighted by atomic mass is 10.2. The van der Waals surface area contributed by atoms with Gasteiger partial charge in [-0.1, -0.05) is 0 Å². The predicted octanol–water partition coefficient (Wildman–Crippen LogP) is 2.19. The summed E-state index contributed by atoms with van der Waals surface area (Å²) in [6, 6.07) is 8.53. The van der Waals surface area contributed by atoms with Gasteiger partial charge in [-0.3, -0.25) is 9.48 Å². The molecule has 2 aromatic rings. The number of nitrogens with zero attached hydrogens (tertiary/aromatic N) is 3. The maximum absolute atomic E-state index is 12.3. The lowest BCUT2D eigenvalue weighted by Gasteiger charge is -2.21. The largest absolute Gasteiger partial charge is 0.352 e. The van der Waals surface area contributed by atoms with E-state index in [0.29, 0.717) is 37.4 Å². The van der Waals surface area contributed by atoms with Crippen LogP contribution >= 0.6 is 0 Å². The number of aromatic nitrogens is 2. The Kier molecular flexibility index (Phi) is 6.36. The quantitative estimate of drug-likeness (QED) is 0.817. The van der Waals surface area contributed by atoms with Crippen LogP contribution in [0, 0.1) is 0 Å². The van der Waals surface area contributed by atoms with Gasteiger partial charge in [0.1, 0.15) is 0 Å². The summed E-state index contributed by atoms with van der Waals surface area (Å²) in [6.07, 6.45) is 3.58. The number of likely N-dealkylation sites (N-methyl/N-ethyl adjacent to an activating group) is 1. The van der Waals surface area contributed by atoms with Gasteiger partial charge in [-0.05, 0) is 44.2 Å². The number of hydrogen-bond acceptors (Lipinski definition) is 3. The topological polar surface area (TPSA) is 79.3 Å². The van der Waals surface area contributed by atoms with Gasteiger partial charge in [0.05, 0.1) is 6.54 Å². The maximum Gasteiger partial charge on any atom is 0.321 e. The Bertz CT molecular complexity index is 652. The first-order valence-corrected chi connectivity index (χ1v) is 8.05. The van der Waals surface area contributed by atoms with Crippen molar-refractivity contribution in [3.8, 4) is 0 Å². The van der Waals surface area contributed by atoms with Crippen LogP contribution in [-0.2, 0) is 6.54 Å². The van der Waals surface area contributed by atoms with Gasteiger partial charge in [0, 0.05) is 43.3 Å². The van der Waals surface area contributed by atoms with E-state index in [4.69, 9.17) is 0 Å². The zero-order chi connectivity index (χ0) is 17.4. The fourth-order valence-corrected chi connectivity index (χ4v) is 2.23. The Morgan fingerprint density at radius 3 is 2.54 bits per heavy atom. The summed E-state index contributed by atoms with van der Waals surface area (Å²) in [6.45, 7) is 6.20. The number of nitrogens with one attached hydrogen (secondary N) is 2. The number of benzene rings is 1. The first kappa shape index (κ1) is 17.5. The van der Waals surface area contributed by atoms with Gasteiger partial charge >= 0.3 is 6.03 Å². The zero-order valence-electron chi connectivity index (χ0n) is 14.0. The van der Waals surface area contributed by atoms with E-state index < -0.39 is 0 Å². The molecule has 7 nitrogen and oxygen atoms in total. The third-order valence-corrected chi connectivity index (χ3v) is 3.56. The minimum absolute atomic E-state index is 0.121. The molecule has 0 unspecified atom stereocenters. The normalized spacial score (nSPS) is 10.2. The van der Waals surface area contributed by atoms with Crippen LogP contribution in [0.4, 0.5) is 10.5 Å². The van der Waals surface area contributed by atoms with Crippen molar-refractivity contribution in [2.45, 2.75) is 20.4 Å². The summed E-state index contributed by atoms with van der Waals surface area (Å²) < 4.78 is 1.79. The molecule has 1 heterocycles. The molecule has 24 heavy (non-hydrogen) atoms. The van der Waals surface area contributed by atoms with Crippen molar-refractivity contribution < 1.29 is 9.59 Å². The molecule has 2 N–H and O–H groups in total. The van der Waals surface area contributed by atoms with E-state index in [9.17, 15) is 9.59 Å². The number of amides is 3. The van der Waals surface area contributed by atoms with E-state index >= 15 is 0 Å². The van der Waals surface area contributed by atoms with E-state index in [1.165, 1.54) is 0 Å². The number of rotatable bonds is 7. The Labute approximate surface area is 141 Å². The fourth-order valence-electron chi connectivity index (χ4n) is 2.23. The minimum atomic E-state index is -0.171. The number of anilines is 1. The summed E-state index contributed by atoms with van der Waals surface area (Å²) in [5.74, 6) is -0.121. The molecule has 0 aliphatic rings. The van der Waals surface area contributed by atoms with Crippen LogP contribution < -0.4 is 10.6 Å². The molecule has 0 saturated heterocycles. The molecule has 2 rings (SSSR count). The lowest BCUT2D eigenvalue weighted by molar-refractivity contribution is 0.0956. The highest BCUT2D eigenvalue weighted by molar-refractivity contribution is 5.95. The van der Waals surface area contributed by atoms with Crippen LogP contribution in [0.15, 0.2) is 42.7 Å². The highest BCUT2D eigenvalue weighted by Gasteiger charge is 2.12. The van der Waals surface area contributed by atoms with Crippen molar-refractivity contribution in [1.82, 2.24) is 20.0 Å². The third-order valence-electron chi connectivity index (χ3n) is 3.56. The van der Waals surface area contributed by atoms with Crippen molar-refractivity contribution >= 4 is 17.6 Å². The van der Waals surface area contributed by atoms with E-state index in [-0.39, 0.29) is 11.9 Å². The SMILES string of the molecule is CCNC(=O)c1ccc(NC(=O)N(CC)CCn2cccn2)cc1. The maximum atomic E-state index is 12.3. The van der Waals surface area contributed by atoms with E-state index in [1.54, 1.807) is 40.0 Å². The van der Waals surface area contributed by atoms with Crippen LogP contribution in [0.5, 0.6) is 0 Å². The Hall–Kier alpha value is -2.83. The van der Waals surface area contributed by atoms with Crippen molar-refractivity contribution in [3.63, 3.8) is 0 Å². The summed E-state index contributed by atoms with van der Waals surface area (Å²) in [5.41, 5.74) is 1.23. The molecule has 7 heteroatoms. The average Bonchev–Trinajstić information content (AvgIpc) is 3.10. The van der Waals surface area contributed by atoms with Crippen LogP contribution in [-0.4, -0.2) is 46.3 Å². The Balaban J connectivity index is 1.90. The highest BCUT2D eigenvalue weighted by atomic mass is 16.2. The molecule has 1 aromatic heterocycles. The van der Waals surface area contributed by atoms with Gasteiger partial charge in [0.25, 0.3) is 5.91 Å². The van der Waals surface area contributed by atoms with Crippen molar-refractivity contribution in [3.05, 3.63) is 48.3 Å². The molecular formula is C17H23N5O2. The van der Waals surface area contributed by atoms with Gasteiger partial charge in [0.15, 0.2) is 0 Å². The Morgan fingerprint density at radius 2 is 1.96 bits per heavy atom. The number of urea groups is 1. The number of carbonyl (C=O) groups is 2. The summed E-state index contributed by atoms with van der Waals surface area (Å²) in [5, 5.41) is 9.71. The molecule has 0 fully saturated rings. The van der Waals surface area contributed by atoms with E-state index in [2.05, 4.69) is 15.7 Å². The standard InChI is InChI=1S/C17H23N5O2/c1-3-18-16(23)14-6-8-15(9-7-14)20-17(24)21(4-2)12-13-22-11-5-10-19-22/h5-11H,3-4,12-13H2,1-2H3,(H,18,23)(H,20,24). The van der Waals surface area contributed by atoms with Crippen molar-refractivity contribution in [2.75, 3.05) is 25.0 Å². The Morgan fingerprint density at radius 1 is 1.21 bits per heavy atom. The highest BCUT2D eigenvalue weighted by Crippen LogP contribution is 2.10. The summed E-state index contributed by atoms with van der Waals surface area (Å²) >= 11 is 0. The predicted molar refractivity (Wildman–Crippen MR) is 92.9 cm³/mol. The van der Waals surface area contributed by atoms with Gasteiger partial charge < -0.3 is 15.5 Å². The van der Waals surface area contributed by atoms with Gasteiger partial charge in [-0.15, -0.1) is 0 Å². The monoisotopic (exact) mass is 329 g/mol. The summed E-state index contributed by atoms with van der Waals surface area (Å²) in [4.78, 5) is 25.8. The van der Waals surface area contributed by atoms with Gasteiger partial charge in [0.2, 0.25) is 0 Å². The van der Waals surface area contributed by atoms with Crippen LogP contribution in [0.3, 0.4) is 0 Å². The van der Waals surface area contributed by atoms with Crippen LogP contribution in [0.25, 0.3) is 0 Å². The van der Waals surface area contributed by atoms with Gasteiger partial charge in [-0.2, -0.15) is 5.10 Å². The molecule has 1 aromatic carbocycles. The smallest absolute Gasteiger partial charge is 0.321 e. The molecule has 0 aliphatic carbocycles. The second kappa shape index (κ2) is 8.71. The average molecular weight is 329 g/mol. The summed E-state index contributed by atoms with van der Waals surface area (Å²) in [7, 11) is 0. The molecule has 0 spiro atoms. The van der Waals surface area contributed by atoms with Crippen molar-refractivity contribution in [2.24, 2.45) is 0 Å². The third kappa shape index (κ3) is 4.84. The second-order valence-corrected chi connectivity index (χ2v) is 5.22. The molecule has 0 aliphatic heterocycles. The fraction of sp³-hybridized carbons (Fsp3) is 0.353. The van der Waals surface area contributed by atoms with E-state index in [0.717, 1.165) is 0 Å². The molecule has 3 amide bonds. The zero-order valence-corrected chi connectivity index (χ0v) is 14.0. The first-order chi connectivity index (χ1) is 11.6. The molecule has 0 bridgehead atoms. The molecule has 0 saturated carbocycles. The van der Waals surface area contributed by atoms with Crippen LogP contribution in [0.1, 0.15) is 24.2 Å².